The number of hydrogen-bond donors (Lipinski definition) is 1. The van der Waals surface area contributed by atoms with Crippen molar-refractivity contribution in [2.45, 2.75) is 37.7 Å². The standard InChI is InChI=1S/C22H29N3O5/c1-29-15-20(27)25-10-4-5-16(14-25)21(28)24-11-8-22(9-12-24)13-19(26)23-17-6-2-3-7-18(17)30-22/h2-3,6-7,16H,4-5,8-15H2,1H3,(H,23,26). The second-order valence-electron chi connectivity index (χ2n) is 8.44. The molecule has 8 nitrogen and oxygen atoms in total. The van der Waals surface area contributed by atoms with E-state index in [9.17, 15) is 14.4 Å². The number of piperidine rings is 2. The molecule has 162 valence electrons. The molecule has 0 bridgehead atoms. The lowest BCUT2D eigenvalue weighted by molar-refractivity contribution is -0.144. The SMILES string of the molecule is COCC(=O)N1CCCC(C(=O)N2CCC3(CC2)CC(=O)Nc2ccccc2O3)C1. The molecule has 4 rings (SSSR count). The Morgan fingerprint density at radius 3 is 2.73 bits per heavy atom. The number of anilines is 1. The van der Waals surface area contributed by atoms with Crippen LogP contribution in [0.2, 0.25) is 0 Å². The normalized spacial score (nSPS) is 23.2. The van der Waals surface area contributed by atoms with E-state index in [2.05, 4.69) is 5.32 Å². The highest BCUT2D eigenvalue weighted by atomic mass is 16.5. The van der Waals surface area contributed by atoms with Crippen LogP contribution in [0.4, 0.5) is 5.69 Å². The van der Waals surface area contributed by atoms with E-state index in [1.165, 1.54) is 7.11 Å². The minimum absolute atomic E-state index is 0.0496. The molecular formula is C22H29N3O5. The number of ether oxygens (including phenoxy) is 2. The average Bonchev–Trinajstić information content (AvgIpc) is 2.89. The molecule has 3 amide bonds. The Morgan fingerprint density at radius 2 is 1.97 bits per heavy atom. The zero-order valence-corrected chi connectivity index (χ0v) is 17.4. The summed E-state index contributed by atoms with van der Waals surface area (Å²) in [6.07, 6.45) is 3.12. The van der Waals surface area contributed by atoms with Crippen molar-refractivity contribution in [1.82, 2.24) is 9.80 Å². The minimum Gasteiger partial charge on any atom is -0.484 e. The van der Waals surface area contributed by atoms with E-state index in [1.807, 2.05) is 29.2 Å². The Balaban J connectivity index is 1.39. The van der Waals surface area contributed by atoms with Gasteiger partial charge in [0.1, 0.15) is 18.0 Å². The molecule has 2 saturated heterocycles. The molecule has 0 radical (unpaired) electrons. The number of amides is 3. The Kier molecular flexibility index (Phi) is 5.94. The van der Waals surface area contributed by atoms with E-state index >= 15 is 0 Å². The smallest absolute Gasteiger partial charge is 0.248 e. The van der Waals surface area contributed by atoms with Gasteiger partial charge < -0.3 is 24.6 Å². The Morgan fingerprint density at radius 1 is 1.20 bits per heavy atom. The van der Waals surface area contributed by atoms with Crippen LogP contribution in [0.3, 0.4) is 0 Å². The first kappa shape index (κ1) is 20.7. The molecule has 3 heterocycles. The molecule has 8 heteroatoms. The molecule has 1 atom stereocenters. The van der Waals surface area contributed by atoms with Gasteiger partial charge in [-0.15, -0.1) is 0 Å². The lowest BCUT2D eigenvalue weighted by Gasteiger charge is -2.42. The van der Waals surface area contributed by atoms with Crippen LogP contribution in [0.15, 0.2) is 24.3 Å². The summed E-state index contributed by atoms with van der Waals surface area (Å²) >= 11 is 0. The van der Waals surface area contributed by atoms with Gasteiger partial charge in [0.05, 0.1) is 18.0 Å². The van der Waals surface area contributed by atoms with Crippen LogP contribution in [-0.2, 0) is 19.1 Å². The molecule has 1 aromatic carbocycles. The Labute approximate surface area is 176 Å². The number of para-hydroxylation sites is 2. The number of benzene rings is 1. The van der Waals surface area contributed by atoms with Gasteiger partial charge in [-0.05, 0) is 25.0 Å². The fourth-order valence-corrected chi connectivity index (χ4v) is 4.71. The van der Waals surface area contributed by atoms with E-state index in [-0.39, 0.29) is 36.7 Å². The monoisotopic (exact) mass is 415 g/mol. The molecule has 30 heavy (non-hydrogen) atoms. The summed E-state index contributed by atoms with van der Waals surface area (Å²) < 4.78 is 11.3. The summed E-state index contributed by atoms with van der Waals surface area (Å²) in [5.41, 5.74) is 0.112. The summed E-state index contributed by atoms with van der Waals surface area (Å²) in [4.78, 5) is 41.3. The highest BCUT2D eigenvalue weighted by molar-refractivity contribution is 5.93. The average molecular weight is 415 g/mol. The number of hydrogen-bond acceptors (Lipinski definition) is 5. The number of carbonyl (C=O) groups excluding carboxylic acids is 3. The molecule has 2 fully saturated rings. The number of carbonyl (C=O) groups is 3. The van der Waals surface area contributed by atoms with Crippen LogP contribution < -0.4 is 10.1 Å². The largest absolute Gasteiger partial charge is 0.484 e. The molecule has 1 aromatic rings. The van der Waals surface area contributed by atoms with Gasteiger partial charge in [0.25, 0.3) is 0 Å². The first-order valence-electron chi connectivity index (χ1n) is 10.6. The fraction of sp³-hybridized carbons (Fsp3) is 0.591. The van der Waals surface area contributed by atoms with Gasteiger partial charge in [-0.25, -0.2) is 0 Å². The molecule has 0 aromatic heterocycles. The van der Waals surface area contributed by atoms with Crippen molar-refractivity contribution in [1.29, 1.82) is 0 Å². The summed E-state index contributed by atoms with van der Waals surface area (Å²) in [5, 5.41) is 2.91. The highest BCUT2D eigenvalue weighted by Gasteiger charge is 2.43. The maximum absolute atomic E-state index is 13.1. The number of nitrogens with zero attached hydrogens (tertiary/aromatic N) is 2. The predicted molar refractivity (Wildman–Crippen MR) is 110 cm³/mol. The maximum Gasteiger partial charge on any atom is 0.248 e. The summed E-state index contributed by atoms with van der Waals surface area (Å²) in [5.74, 6) is 0.483. The van der Waals surface area contributed by atoms with Crippen LogP contribution in [0.25, 0.3) is 0 Å². The van der Waals surface area contributed by atoms with Gasteiger partial charge in [0.15, 0.2) is 0 Å². The number of fused-ring (bicyclic) bond motifs is 1. The number of likely N-dealkylation sites (tertiary alicyclic amines) is 2. The number of rotatable bonds is 3. The van der Waals surface area contributed by atoms with E-state index < -0.39 is 5.60 Å². The first-order chi connectivity index (χ1) is 14.5. The number of methoxy groups -OCH3 is 1. The highest BCUT2D eigenvalue weighted by Crippen LogP contribution is 2.38. The molecule has 3 aliphatic rings. The lowest BCUT2D eigenvalue weighted by atomic mass is 9.86. The third kappa shape index (κ3) is 4.28. The Hall–Kier alpha value is -2.61. The van der Waals surface area contributed by atoms with Crippen molar-refractivity contribution >= 4 is 23.4 Å². The summed E-state index contributed by atoms with van der Waals surface area (Å²) in [7, 11) is 1.50. The van der Waals surface area contributed by atoms with Crippen LogP contribution in [0.5, 0.6) is 5.75 Å². The van der Waals surface area contributed by atoms with Crippen molar-refractivity contribution < 1.29 is 23.9 Å². The van der Waals surface area contributed by atoms with Gasteiger partial charge in [-0.2, -0.15) is 0 Å². The summed E-state index contributed by atoms with van der Waals surface area (Å²) in [6.45, 7) is 2.29. The van der Waals surface area contributed by atoms with Crippen LogP contribution in [-0.4, -0.2) is 73.0 Å². The summed E-state index contributed by atoms with van der Waals surface area (Å²) in [6, 6.07) is 7.47. The fourth-order valence-electron chi connectivity index (χ4n) is 4.71. The zero-order chi connectivity index (χ0) is 21.1. The van der Waals surface area contributed by atoms with Crippen LogP contribution >= 0.6 is 0 Å². The molecule has 1 spiro atoms. The predicted octanol–water partition coefficient (Wildman–Crippen LogP) is 1.65. The zero-order valence-electron chi connectivity index (χ0n) is 17.4. The third-order valence-electron chi connectivity index (χ3n) is 6.35. The van der Waals surface area contributed by atoms with E-state index in [0.717, 1.165) is 12.8 Å². The van der Waals surface area contributed by atoms with Gasteiger partial charge in [-0.3, -0.25) is 14.4 Å². The van der Waals surface area contributed by atoms with Gasteiger partial charge in [-0.1, -0.05) is 12.1 Å². The van der Waals surface area contributed by atoms with Gasteiger partial charge in [0, 0.05) is 46.1 Å². The Bertz CT molecular complexity index is 819. The third-order valence-corrected chi connectivity index (χ3v) is 6.35. The molecular weight excluding hydrogens is 386 g/mol. The van der Waals surface area contributed by atoms with Crippen LogP contribution in [0, 0.1) is 5.92 Å². The molecule has 1 unspecified atom stereocenters. The quantitative estimate of drug-likeness (QED) is 0.811. The maximum atomic E-state index is 13.1. The minimum atomic E-state index is -0.583. The van der Waals surface area contributed by atoms with E-state index in [0.29, 0.717) is 50.5 Å². The van der Waals surface area contributed by atoms with E-state index in [4.69, 9.17) is 9.47 Å². The first-order valence-corrected chi connectivity index (χ1v) is 10.6. The van der Waals surface area contributed by atoms with Crippen molar-refractivity contribution in [3.8, 4) is 5.75 Å². The van der Waals surface area contributed by atoms with Crippen molar-refractivity contribution in [3.63, 3.8) is 0 Å². The van der Waals surface area contributed by atoms with Crippen LogP contribution in [0.1, 0.15) is 32.1 Å². The van der Waals surface area contributed by atoms with Gasteiger partial charge >= 0.3 is 0 Å². The van der Waals surface area contributed by atoms with Crippen molar-refractivity contribution in [3.05, 3.63) is 24.3 Å². The topological polar surface area (TPSA) is 88.2 Å². The molecule has 0 aliphatic carbocycles. The molecule has 1 N–H and O–H groups in total. The van der Waals surface area contributed by atoms with E-state index in [1.54, 1.807) is 4.90 Å². The lowest BCUT2D eigenvalue weighted by Crippen LogP contribution is -2.53. The molecule has 3 aliphatic heterocycles. The van der Waals surface area contributed by atoms with Gasteiger partial charge in [0.2, 0.25) is 17.7 Å². The molecule has 0 saturated carbocycles. The second kappa shape index (κ2) is 8.63. The second-order valence-corrected chi connectivity index (χ2v) is 8.44. The number of nitrogens with one attached hydrogen (secondary N) is 1. The van der Waals surface area contributed by atoms with Crippen molar-refractivity contribution in [2.24, 2.45) is 5.92 Å². The van der Waals surface area contributed by atoms with Crippen molar-refractivity contribution in [2.75, 3.05) is 45.2 Å².